The van der Waals surface area contributed by atoms with Crippen molar-refractivity contribution >= 4 is 5.96 Å². The quantitative estimate of drug-likeness (QED) is 0.462. The zero-order valence-electron chi connectivity index (χ0n) is 16.7. The van der Waals surface area contributed by atoms with Crippen molar-refractivity contribution in [2.75, 3.05) is 13.2 Å². The Morgan fingerprint density at radius 1 is 1.27 bits per heavy atom. The van der Waals surface area contributed by atoms with E-state index in [1.54, 1.807) is 0 Å². The van der Waals surface area contributed by atoms with E-state index < -0.39 is 0 Å². The minimum Gasteiger partial charge on any atom is -0.396 e. The first-order chi connectivity index (χ1) is 12.6. The van der Waals surface area contributed by atoms with Gasteiger partial charge in [-0.25, -0.2) is 4.99 Å². The van der Waals surface area contributed by atoms with Gasteiger partial charge in [0.25, 0.3) is 0 Å². The minimum absolute atomic E-state index is 0.243. The van der Waals surface area contributed by atoms with Gasteiger partial charge in [-0.05, 0) is 38.5 Å². The largest absolute Gasteiger partial charge is 0.396 e. The second kappa shape index (κ2) is 11.2. The van der Waals surface area contributed by atoms with Gasteiger partial charge in [0.1, 0.15) is 12.4 Å². The maximum absolute atomic E-state index is 9.28. The van der Waals surface area contributed by atoms with Crippen molar-refractivity contribution < 1.29 is 5.11 Å². The Kier molecular flexibility index (Phi) is 8.88. The number of hydrogen-bond donors (Lipinski definition) is 3. The third-order valence-electron chi connectivity index (χ3n) is 5.30. The van der Waals surface area contributed by atoms with E-state index in [0.29, 0.717) is 18.5 Å². The molecule has 0 amide bonds. The Morgan fingerprint density at radius 3 is 2.65 bits per heavy atom. The molecule has 0 radical (unpaired) electrons. The number of nitrogens with zero attached hydrogens (tertiary/aromatic N) is 4. The number of rotatable bonds is 9. The fourth-order valence-electron chi connectivity index (χ4n) is 3.51. The smallest absolute Gasteiger partial charge is 0.191 e. The van der Waals surface area contributed by atoms with Crippen molar-refractivity contribution in [2.24, 2.45) is 18.0 Å². The lowest BCUT2D eigenvalue weighted by Gasteiger charge is -2.26. The maximum Gasteiger partial charge on any atom is 0.191 e. The number of hydrogen-bond acceptors (Lipinski definition) is 4. The second-order valence-corrected chi connectivity index (χ2v) is 7.41. The predicted octanol–water partition coefficient (Wildman–Crippen LogP) is 2.29. The van der Waals surface area contributed by atoms with Crippen molar-refractivity contribution in [2.45, 2.75) is 77.8 Å². The highest BCUT2D eigenvalue weighted by Crippen LogP contribution is 2.17. The standard InChI is InChI=1S/C19H36N6O/c1-4-8-16(11-12-26)13-20-19(22-17-9-6-5-7-10-17)21-14-18-24-23-15(2)25(18)3/h16-17,26H,4-14H2,1-3H3,(H2,20,21,22). The highest BCUT2D eigenvalue weighted by molar-refractivity contribution is 5.80. The molecule has 26 heavy (non-hydrogen) atoms. The van der Waals surface area contributed by atoms with Crippen LogP contribution in [0.15, 0.2) is 4.99 Å². The summed E-state index contributed by atoms with van der Waals surface area (Å²) in [4.78, 5) is 4.76. The second-order valence-electron chi connectivity index (χ2n) is 7.41. The van der Waals surface area contributed by atoms with E-state index in [9.17, 15) is 5.11 Å². The Labute approximate surface area is 157 Å². The molecule has 148 valence electrons. The minimum atomic E-state index is 0.243. The number of aliphatic imine (C=N–C) groups is 1. The first kappa shape index (κ1) is 20.7. The molecule has 1 aliphatic carbocycles. The van der Waals surface area contributed by atoms with Gasteiger partial charge in [0.2, 0.25) is 0 Å². The molecule has 7 heteroatoms. The lowest BCUT2D eigenvalue weighted by molar-refractivity contribution is 0.251. The first-order valence-electron chi connectivity index (χ1n) is 10.1. The third-order valence-corrected chi connectivity index (χ3v) is 5.30. The van der Waals surface area contributed by atoms with Crippen molar-refractivity contribution in [1.29, 1.82) is 0 Å². The Balaban J connectivity index is 1.99. The van der Waals surface area contributed by atoms with Gasteiger partial charge < -0.3 is 20.3 Å². The van der Waals surface area contributed by atoms with E-state index in [0.717, 1.165) is 43.4 Å². The molecule has 0 saturated heterocycles. The fraction of sp³-hybridized carbons (Fsp3) is 0.842. The summed E-state index contributed by atoms with van der Waals surface area (Å²) >= 11 is 0. The molecule has 1 aromatic heterocycles. The zero-order valence-corrected chi connectivity index (χ0v) is 16.7. The van der Waals surface area contributed by atoms with E-state index >= 15 is 0 Å². The highest BCUT2D eigenvalue weighted by Gasteiger charge is 2.16. The summed E-state index contributed by atoms with van der Waals surface area (Å²) in [6.45, 7) is 5.73. The van der Waals surface area contributed by atoms with E-state index in [2.05, 4.69) is 27.8 Å². The van der Waals surface area contributed by atoms with E-state index in [1.165, 1.54) is 32.1 Å². The molecule has 0 aromatic carbocycles. The highest BCUT2D eigenvalue weighted by atomic mass is 16.3. The first-order valence-corrected chi connectivity index (χ1v) is 10.1. The number of guanidine groups is 1. The number of aryl methyl sites for hydroxylation is 1. The van der Waals surface area contributed by atoms with E-state index in [4.69, 9.17) is 4.99 Å². The Morgan fingerprint density at radius 2 is 2.04 bits per heavy atom. The van der Waals surface area contributed by atoms with Crippen LogP contribution in [0.5, 0.6) is 0 Å². The summed E-state index contributed by atoms with van der Waals surface area (Å²) in [6.07, 6.45) is 9.41. The lowest BCUT2D eigenvalue weighted by atomic mass is 9.96. The Hall–Kier alpha value is -1.63. The molecule has 1 aliphatic rings. The summed E-state index contributed by atoms with van der Waals surface area (Å²) in [5.74, 6) is 3.10. The molecular formula is C19H36N6O. The van der Waals surface area contributed by atoms with Gasteiger partial charge >= 0.3 is 0 Å². The van der Waals surface area contributed by atoms with Crippen LogP contribution in [0.3, 0.4) is 0 Å². The molecular weight excluding hydrogens is 328 g/mol. The van der Waals surface area contributed by atoms with Crippen LogP contribution in [0.1, 0.15) is 69.9 Å². The number of aromatic nitrogens is 3. The average Bonchev–Trinajstić information content (AvgIpc) is 2.97. The average molecular weight is 365 g/mol. The lowest BCUT2D eigenvalue weighted by Crippen LogP contribution is -2.45. The Bertz CT molecular complexity index is 544. The molecule has 1 fully saturated rings. The number of aliphatic hydroxyl groups is 1. The van der Waals surface area contributed by atoms with Crippen LogP contribution in [-0.2, 0) is 13.6 Å². The normalized spacial score (nSPS) is 17.3. The molecule has 2 rings (SSSR count). The zero-order chi connectivity index (χ0) is 18.8. The monoisotopic (exact) mass is 364 g/mol. The van der Waals surface area contributed by atoms with Gasteiger partial charge in [0.05, 0.1) is 0 Å². The summed E-state index contributed by atoms with van der Waals surface area (Å²) in [5.41, 5.74) is 0. The van der Waals surface area contributed by atoms with Crippen LogP contribution in [0.25, 0.3) is 0 Å². The van der Waals surface area contributed by atoms with E-state index in [-0.39, 0.29) is 6.61 Å². The summed E-state index contributed by atoms with van der Waals surface area (Å²) < 4.78 is 1.98. The van der Waals surface area contributed by atoms with Crippen molar-refractivity contribution in [3.8, 4) is 0 Å². The van der Waals surface area contributed by atoms with Crippen molar-refractivity contribution in [3.63, 3.8) is 0 Å². The SMILES string of the molecule is CCCC(CCO)CNC(=NCc1nnc(C)n1C)NC1CCCCC1. The maximum atomic E-state index is 9.28. The third kappa shape index (κ3) is 6.59. The number of nitrogens with one attached hydrogen (secondary N) is 2. The molecule has 0 aliphatic heterocycles. The van der Waals surface area contributed by atoms with Crippen LogP contribution < -0.4 is 10.6 Å². The topological polar surface area (TPSA) is 87.4 Å². The van der Waals surface area contributed by atoms with Crippen LogP contribution in [0.4, 0.5) is 0 Å². The van der Waals surface area contributed by atoms with Gasteiger partial charge in [0.15, 0.2) is 11.8 Å². The van der Waals surface area contributed by atoms with Gasteiger partial charge in [-0.2, -0.15) is 0 Å². The van der Waals surface area contributed by atoms with Gasteiger partial charge in [-0.3, -0.25) is 0 Å². The van der Waals surface area contributed by atoms with Gasteiger partial charge in [-0.15, -0.1) is 10.2 Å². The van der Waals surface area contributed by atoms with Gasteiger partial charge in [0, 0.05) is 26.2 Å². The molecule has 1 atom stereocenters. The molecule has 1 aromatic rings. The van der Waals surface area contributed by atoms with E-state index in [1.807, 2.05) is 18.5 Å². The summed E-state index contributed by atoms with van der Waals surface area (Å²) in [7, 11) is 1.97. The molecule has 0 bridgehead atoms. The number of aliphatic hydroxyl groups excluding tert-OH is 1. The molecule has 7 nitrogen and oxygen atoms in total. The fourth-order valence-corrected chi connectivity index (χ4v) is 3.51. The summed E-state index contributed by atoms with van der Waals surface area (Å²) in [5, 5.41) is 24.7. The summed E-state index contributed by atoms with van der Waals surface area (Å²) in [6, 6.07) is 0.499. The van der Waals surface area contributed by atoms with Crippen molar-refractivity contribution in [3.05, 3.63) is 11.6 Å². The predicted molar refractivity (Wildman–Crippen MR) is 105 cm³/mol. The van der Waals surface area contributed by atoms with Crippen molar-refractivity contribution in [1.82, 2.24) is 25.4 Å². The van der Waals surface area contributed by atoms with Crippen LogP contribution >= 0.6 is 0 Å². The molecule has 1 unspecified atom stereocenters. The van der Waals surface area contributed by atoms with Crippen LogP contribution in [-0.4, -0.2) is 45.0 Å². The van der Waals surface area contributed by atoms with Gasteiger partial charge in [-0.1, -0.05) is 32.6 Å². The molecule has 1 saturated carbocycles. The van der Waals surface area contributed by atoms with Crippen LogP contribution in [0.2, 0.25) is 0 Å². The van der Waals surface area contributed by atoms with Crippen LogP contribution in [0, 0.1) is 12.8 Å². The molecule has 3 N–H and O–H groups in total. The molecule has 1 heterocycles. The molecule has 0 spiro atoms.